The van der Waals surface area contributed by atoms with Gasteiger partial charge >= 0.3 is 0 Å². The highest BCUT2D eigenvalue weighted by Gasteiger charge is 2.23. The van der Waals surface area contributed by atoms with Gasteiger partial charge in [-0.2, -0.15) is 0 Å². The molecular weight excluding hydrogens is 176 g/mol. The Kier molecular flexibility index (Phi) is 4.56. The Labute approximate surface area is 87.0 Å². The maximum absolute atomic E-state index is 9.85. The van der Waals surface area contributed by atoms with E-state index in [2.05, 4.69) is 13.2 Å². The van der Waals surface area contributed by atoms with Crippen LogP contribution in [0.2, 0.25) is 0 Å². The second-order valence-electron chi connectivity index (χ2n) is 4.47. The highest BCUT2D eigenvalue weighted by molar-refractivity contribution is 5.06. The number of hydrogen-bond donors (Lipinski definition) is 2. The summed E-state index contributed by atoms with van der Waals surface area (Å²) < 4.78 is 0. The molecule has 0 aliphatic rings. The lowest BCUT2D eigenvalue weighted by Gasteiger charge is -2.25. The van der Waals surface area contributed by atoms with Gasteiger partial charge in [-0.15, -0.1) is 6.58 Å². The standard InChI is InChI=1S/C12H22O2/c1-6-11(4,13)8-7-9-12(5,14)10(2)3/h6,13-14H,1-2,7-9H2,3-5H3. The maximum atomic E-state index is 9.85. The molecule has 0 amide bonds. The lowest BCUT2D eigenvalue weighted by Crippen LogP contribution is -2.27. The van der Waals surface area contributed by atoms with Crippen molar-refractivity contribution in [3.63, 3.8) is 0 Å². The molecule has 0 heterocycles. The third kappa shape index (κ3) is 4.58. The average Bonchev–Trinajstić information content (AvgIpc) is 2.03. The number of aliphatic hydroxyl groups is 2. The molecule has 2 nitrogen and oxygen atoms in total. The van der Waals surface area contributed by atoms with Crippen molar-refractivity contribution in [1.29, 1.82) is 0 Å². The van der Waals surface area contributed by atoms with E-state index in [4.69, 9.17) is 0 Å². The molecule has 82 valence electrons. The summed E-state index contributed by atoms with van der Waals surface area (Å²) in [7, 11) is 0. The molecule has 2 unspecified atom stereocenters. The topological polar surface area (TPSA) is 40.5 Å². The van der Waals surface area contributed by atoms with Crippen molar-refractivity contribution < 1.29 is 10.2 Å². The molecular formula is C12H22O2. The predicted molar refractivity (Wildman–Crippen MR) is 60.1 cm³/mol. The minimum atomic E-state index is -0.828. The van der Waals surface area contributed by atoms with Crippen LogP contribution < -0.4 is 0 Å². The molecule has 2 atom stereocenters. The molecule has 0 bridgehead atoms. The minimum Gasteiger partial charge on any atom is -0.386 e. The van der Waals surface area contributed by atoms with E-state index in [0.29, 0.717) is 12.8 Å². The van der Waals surface area contributed by atoms with E-state index in [1.807, 2.05) is 6.92 Å². The van der Waals surface area contributed by atoms with Gasteiger partial charge in [-0.05, 0) is 45.6 Å². The average molecular weight is 198 g/mol. The van der Waals surface area contributed by atoms with E-state index >= 15 is 0 Å². The lowest BCUT2D eigenvalue weighted by molar-refractivity contribution is 0.0647. The van der Waals surface area contributed by atoms with E-state index < -0.39 is 11.2 Å². The van der Waals surface area contributed by atoms with Gasteiger partial charge in [0.2, 0.25) is 0 Å². The van der Waals surface area contributed by atoms with Crippen molar-refractivity contribution >= 4 is 0 Å². The van der Waals surface area contributed by atoms with Crippen molar-refractivity contribution in [2.45, 2.75) is 51.2 Å². The zero-order valence-corrected chi connectivity index (χ0v) is 9.51. The summed E-state index contributed by atoms with van der Waals surface area (Å²) in [6, 6.07) is 0. The van der Waals surface area contributed by atoms with Crippen molar-refractivity contribution in [1.82, 2.24) is 0 Å². The molecule has 0 saturated carbocycles. The van der Waals surface area contributed by atoms with Gasteiger partial charge < -0.3 is 10.2 Å². The van der Waals surface area contributed by atoms with Crippen LogP contribution in [0.1, 0.15) is 40.0 Å². The van der Waals surface area contributed by atoms with Crippen LogP contribution in [0.4, 0.5) is 0 Å². The van der Waals surface area contributed by atoms with Crippen LogP contribution in [0.15, 0.2) is 24.8 Å². The summed E-state index contributed by atoms with van der Waals surface area (Å²) in [4.78, 5) is 0. The minimum absolute atomic E-state index is 0.611. The van der Waals surface area contributed by atoms with Crippen molar-refractivity contribution in [2.24, 2.45) is 0 Å². The van der Waals surface area contributed by atoms with Crippen molar-refractivity contribution in [3.05, 3.63) is 24.8 Å². The first-order valence-corrected chi connectivity index (χ1v) is 4.95. The van der Waals surface area contributed by atoms with E-state index in [-0.39, 0.29) is 0 Å². The smallest absolute Gasteiger partial charge is 0.0823 e. The van der Waals surface area contributed by atoms with Gasteiger partial charge in [0.1, 0.15) is 0 Å². The molecule has 0 aromatic rings. The van der Waals surface area contributed by atoms with Gasteiger partial charge in [-0.1, -0.05) is 12.7 Å². The van der Waals surface area contributed by atoms with E-state index in [1.54, 1.807) is 13.8 Å². The van der Waals surface area contributed by atoms with Crippen LogP contribution in [0.3, 0.4) is 0 Å². The molecule has 0 rings (SSSR count). The molecule has 0 aromatic heterocycles. The molecule has 2 heteroatoms. The largest absolute Gasteiger partial charge is 0.386 e. The summed E-state index contributed by atoms with van der Waals surface area (Å²) in [6.07, 6.45) is 3.51. The molecule has 0 spiro atoms. The zero-order chi connectivity index (χ0) is 11.4. The van der Waals surface area contributed by atoms with Crippen molar-refractivity contribution in [3.8, 4) is 0 Å². The maximum Gasteiger partial charge on any atom is 0.0823 e. The van der Waals surface area contributed by atoms with Crippen molar-refractivity contribution in [2.75, 3.05) is 0 Å². The highest BCUT2D eigenvalue weighted by Crippen LogP contribution is 2.24. The van der Waals surface area contributed by atoms with Crippen LogP contribution in [-0.4, -0.2) is 21.4 Å². The molecule has 2 N–H and O–H groups in total. The van der Waals surface area contributed by atoms with E-state index in [9.17, 15) is 10.2 Å². The summed E-state index contributed by atoms with van der Waals surface area (Å²) in [5, 5.41) is 19.5. The lowest BCUT2D eigenvalue weighted by atomic mass is 9.89. The van der Waals surface area contributed by atoms with Crippen LogP contribution in [0, 0.1) is 0 Å². The fourth-order valence-corrected chi connectivity index (χ4v) is 1.11. The van der Waals surface area contributed by atoms with Gasteiger partial charge in [0, 0.05) is 0 Å². The first-order valence-electron chi connectivity index (χ1n) is 4.95. The Morgan fingerprint density at radius 1 is 1.29 bits per heavy atom. The molecule has 0 fully saturated rings. The molecule has 0 aromatic carbocycles. The van der Waals surface area contributed by atoms with Gasteiger partial charge in [-0.3, -0.25) is 0 Å². The third-order valence-corrected chi connectivity index (χ3v) is 2.71. The SMILES string of the molecule is C=CC(C)(O)CCCC(C)(O)C(=C)C. The summed E-state index contributed by atoms with van der Waals surface area (Å²) in [6.45, 7) is 12.6. The monoisotopic (exact) mass is 198 g/mol. The molecule has 0 saturated heterocycles. The van der Waals surface area contributed by atoms with Gasteiger partial charge in [0.15, 0.2) is 0 Å². The fraction of sp³-hybridized carbons (Fsp3) is 0.667. The Bertz CT molecular complexity index is 214. The van der Waals surface area contributed by atoms with Crippen LogP contribution in [-0.2, 0) is 0 Å². The molecule has 14 heavy (non-hydrogen) atoms. The van der Waals surface area contributed by atoms with Crippen LogP contribution >= 0.6 is 0 Å². The Balaban J connectivity index is 3.97. The van der Waals surface area contributed by atoms with E-state index in [0.717, 1.165) is 12.0 Å². The van der Waals surface area contributed by atoms with Gasteiger partial charge in [0.05, 0.1) is 11.2 Å². The van der Waals surface area contributed by atoms with Gasteiger partial charge in [0.25, 0.3) is 0 Å². The zero-order valence-electron chi connectivity index (χ0n) is 9.51. The quantitative estimate of drug-likeness (QED) is 0.643. The third-order valence-electron chi connectivity index (χ3n) is 2.71. The molecule has 0 aliphatic heterocycles. The predicted octanol–water partition coefficient (Wildman–Crippen LogP) is 2.42. The molecule has 0 radical (unpaired) electrons. The second kappa shape index (κ2) is 4.76. The highest BCUT2D eigenvalue weighted by atomic mass is 16.3. The van der Waals surface area contributed by atoms with Gasteiger partial charge in [-0.25, -0.2) is 0 Å². The Morgan fingerprint density at radius 2 is 1.79 bits per heavy atom. The Hall–Kier alpha value is -0.600. The summed E-state index contributed by atoms with van der Waals surface area (Å²) in [5.74, 6) is 0. The summed E-state index contributed by atoms with van der Waals surface area (Å²) >= 11 is 0. The van der Waals surface area contributed by atoms with Crippen LogP contribution in [0.5, 0.6) is 0 Å². The number of rotatable bonds is 6. The summed E-state index contributed by atoms with van der Waals surface area (Å²) in [5.41, 5.74) is -0.890. The molecule has 0 aliphatic carbocycles. The van der Waals surface area contributed by atoms with E-state index in [1.165, 1.54) is 6.08 Å². The van der Waals surface area contributed by atoms with Crippen LogP contribution in [0.25, 0.3) is 0 Å². The Morgan fingerprint density at radius 3 is 2.14 bits per heavy atom. The second-order valence-corrected chi connectivity index (χ2v) is 4.47. The first-order chi connectivity index (χ1) is 6.21. The fourth-order valence-electron chi connectivity index (χ4n) is 1.11. The first kappa shape index (κ1) is 13.4. The number of hydrogen-bond acceptors (Lipinski definition) is 2. The normalized spacial score (nSPS) is 19.5.